The lowest BCUT2D eigenvalue weighted by atomic mass is 9.78. The van der Waals surface area contributed by atoms with Crippen molar-refractivity contribution in [2.75, 3.05) is 13.7 Å². The number of carbonyl (C=O) groups is 1. The number of carbonyl (C=O) groups excluding carboxylic acids is 1. The number of rotatable bonds is 6. The molecule has 0 saturated heterocycles. The molecule has 0 aliphatic heterocycles. The lowest BCUT2D eigenvalue weighted by Crippen LogP contribution is -2.36. The van der Waals surface area contributed by atoms with Gasteiger partial charge in [-0.2, -0.15) is 5.26 Å². The summed E-state index contributed by atoms with van der Waals surface area (Å²) in [6, 6.07) is 9.17. The molecule has 4 nitrogen and oxygen atoms in total. The van der Waals surface area contributed by atoms with Gasteiger partial charge in [-0.05, 0) is 31.0 Å². The Kier molecular flexibility index (Phi) is 5.37. The van der Waals surface area contributed by atoms with Crippen LogP contribution in [-0.4, -0.2) is 19.7 Å². The Morgan fingerprint density at radius 1 is 1.42 bits per heavy atom. The van der Waals surface area contributed by atoms with Crippen LogP contribution in [0.15, 0.2) is 24.3 Å². The summed E-state index contributed by atoms with van der Waals surface area (Å²) in [7, 11) is 1.55. The molecule has 4 heteroatoms. The molecule has 0 fully saturated rings. The Morgan fingerprint density at radius 2 is 2.16 bits per heavy atom. The van der Waals surface area contributed by atoms with Crippen LogP contribution in [0.1, 0.15) is 32.3 Å². The third kappa shape index (κ3) is 3.05. The molecule has 0 spiro atoms. The fourth-order valence-electron chi connectivity index (χ4n) is 2.05. The van der Waals surface area contributed by atoms with Gasteiger partial charge >= 0.3 is 5.97 Å². The second-order valence-electron chi connectivity index (χ2n) is 4.22. The molecule has 0 aliphatic carbocycles. The molecule has 0 saturated carbocycles. The van der Waals surface area contributed by atoms with Crippen molar-refractivity contribution in [3.05, 3.63) is 29.8 Å². The van der Waals surface area contributed by atoms with E-state index in [1.165, 1.54) is 0 Å². The second-order valence-corrected chi connectivity index (χ2v) is 4.22. The third-order valence-corrected chi connectivity index (χ3v) is 3.00. The summed E-state index contributed by atoms with van der Waals surface area (Å²) >= 11 is 0. The Morgan fingerprint density at radius 3 is 2.68 bits per heavy atom. The fourth-order valence-corrected chi connectivity index (χ4v) is 2.05. The minimum atomic E-state index is -1.25. The van der Waals surface area contributed by atoms with Crippen LogP contribution < -0.4 is 4.74 Å². The zero-order valence-electron chi connectivity index (χ0n) is 11.6. The van der Waals surface area contributed by atoms with Gasteiger partial charge < -0.3 is 9.47 Å². The van der Waals surface area contributed by atoms with Gasteiger partial charge in [0.15, 0.2) is 5.41 Å². The number of methoxy groups -OCH3 is 1. The SMILES string of the molecule is CCC[C@@](C#N)(C(=O)OCC)c1cccc(OC)c1. The zero-order chi connectivity index (χ0) is 14.3. The molecule has 1 rings (SSSR count). The average molecular weight is 261 g/mol. The normalized spacial score (nSPS) is 13.2. The van der Waals surface area contributed by atoms with Crippen LogP contribution in [0.3, 0.4) is 0 Å². The zero-order valence-corrected chi connectivity index (χ0v) is 11.6. The maximum absolute atomic E-state index is 12.2. The highest BCUT2D eigenvalue weighted by molar-refractivity contribution is 5.87. The van der Waals surface area contributed by atoms with Crippen LogP contribution in [0.5, 0.6) is 5.75 Å². The Labute approximate surface area is 113 Å². The molecular formula is C15H19NO3. The molecule has 0 heterocycles. The van der Waals surface area contributed by atoms with Gasteiger partial charge in [0, 0.05) is 0 Å². The van der Waals surface area contributed by atoms with Crippen molar-refractivity contribution >= 4 is 5.97 Å². The van der Waals surface area contributed by atoms with Crippen LogP contribution in [-0.2, 0) is 14.9 Å². The van der Waals surface area contributed by atoms with Crippen LogP contribution in [0.2, 0.25) is 0 Å². The molecule has 0 unspecified atom stereocenters. The van der Waals surface area contributed by atoms with Gasteiger partial charge in [0.25, 0.3) is 0 Å². The van der Waals surface area contributed by atoms with Crippen LogP contribution in [0, 0.1) is 11.3 Å². The highest BCUT2D eigenvalue weighted by atomic mass is 16.5. The molecule has 0 radical (unpaired) electrons. The van der Waals surface area contributed by atoms with E-state index in [0.29, 0.717) is 24.2 Å². The van der Waals surface area contributed by atoms with Crippen molar-refractivity contribution in [1.29, 1.82) is 5.26 Å². The van der Waals surface area contributed by atoms with E-state index in [2.05, 4.69) is 6.07 Å². The first-order valence-corrected chi connectivity index (χ1v) is 6.37. The first-order valence-electron chi connectivity index (χ1n) is 6.37. The standard InChI is InChI=1S/C15H19NO3/c1-4-9-15(11-16,14(17)19-5-2)12-7-6-8-13(10-12)18-3/h6-8,10H,4-5,9H2,1-3H3/t15-/m0/s1. The lowest BCUT2D eigenvalue weighted by Gasteiger charge is -2.24. The predicted molar refractivity (Wildman–Crippen MR) is 71.8 cm³/mol. The van der Waals surface area contributed by atoms with Crippen molar-refractivity contribution in [3.8, 4) is 11.8 Å². The number of hydrogen-bond donors (Lipinski definition) is 0. The first kappa shape index (κ1) is 15.0. The predicted octanol–water partition coefficient (Wildman–Crippen LogP) is 2.82. The molecule has 0 amide bonds. The summed E-state index contributed by atoms with van der Waals surface area (Å²) in [6.45, 7) is 3.93. The molecule has 0 bridgehead atoms. The molecule has 0 aliphatic rings. The van der Waals surface area contributed by atoms with Gasteiger partial charge in [0.1, 0.15) is 5.75 Å². The Bertz CT molecular complexity index is 479. The van der Waals surface area contributed by atoms with E-state index in [1.807, 2.05) is 6.92 Å². The van der Waals surface area contributed by atoms with Gasteiger partial charge in [-0.15, -0.1) is 0 Å². The van der Waals surface area contributed by atoms with Crippen molar-refractivity contribution in [2.45, 2.75) is 32.1 Å². The number of hydrogen-bond acceptors (Lipinski definition) is 4. The number of esters is 1. The Balaban J connectivity index is 3.29. The molecule has 1 aromatic carbocycles. The second kappa shape index (κ2) is 6.79. The van der Waals surface area contributed by atoms with Crippen LogP contribution >= 0.6 is 0 Å². The minimum Gasteiger partial charge on any atom is -0.497 e. The maximum atomic E-state index is 12.2. The van der Waals surface area contributed by atoms with Crippen LogP contribution in [0.4, 0.5) is 0 Å². The minimum absolute atomic E-state index is 0.260. The molecular weight excluding hydrogens is 242 g/mol. The van der Waals surface area contributed by atoms with E-state index in [-0.39, 0.29) is 6.61 Å². The van der Waals surface area contributed by atoms with E-state index in [1.54, 1.807) is 38.3 Å². The quantitative estimate of drug-likeness (QED) is 0.739. The van der Waals surface area contributed by atoms with Crippen molar-refractivity contribution < 1.29 is 14.3 Å². The van der Waals surface area contributed by atoms with Gasteiger partial charge in [-0.1, -0.05) is 25.5 Å². The molecule has 0 aromatic heterocycles. The highest BCUT2D eigenvalue weighted by Crippen LogP contribution is 2.32. The smallest absolute Gasteiger partial charge is 0.331 e. The van der Waals surface area contributed by atoms with E-state index < -0.39 is 11.4 Å². The number of ether oxygens (including phenoxy) is 2. The molecule has 19 heavy (non-hydrogen) atoms. The van der Waals surface area contributed by atoms with Crippen molar-refractivity contribution in [1.82, 2.24) is 0 Å². The monoisotopic (exact) mass is 261 g/mol. The number of nitriles is 1. The lowest BCUT2D eigenvalue weighted by molar-refractivity contribution is -0.148. The van der Waals surface area contributed by atoms with Crippen LogP contribution in [0.25, 0.3) is 0 Å². The molecule has 1 aromatic rings. The fraction of sp³-hybridized carbons (Fsp3) is 0.467. The highest BCUT2D eigenvalue weighted by Gasteiger charge is 2.41. The molecule has 1 atom stereocenters. The van der Waals surface area contributed by atoms with E-state index in [4.69, 9.17) is 9.47 Å². The topological polar surface area (TPSA) is 59.3 Å². The summed E-state index contributed by atoms with van der Waals surface area (Å²) in [6.07, 6.45) is 1.14. The summed E-state index contributed by atoms with van der Waals surface area (Å²) in [5.41, 5.74) is -0.631. The largest absolute Gasteiger partial charge is 0.497 e. The van der Waals surface area contributed by atoms with Gasteiger partial charge in [-0.3, -0.25) is 0 Å². The summed E-state index contributed by atoms with van der Waals surface area (Å²) in [5.74, 6) is 0.130. The van der Waals surface area contributed by atoms with E-state index in [9.17, 15) is 10.1 Å². The van der Waals surface area contributed by atoms with Gasteiger partial charge in [-0.25, -0.2) is 4.79 Å². The van der Waals surface area contributed by atoms with Gasteiger partial charge in [0.2, 0.25) is 0 Å². The number of benzene rings is 1. The first-order chi connectivity index (χ1) is 9.14. The van der Waals surface area contributed by atoms with E-state index >= 15 is 0 Å². The van der Waals surface area contributed by atoms with E-state index in [0.717, 1.165) is 0 Å². The maximum Gasteiger partial charge on any atom is 0.331 e. The molecule has 102 valence electrons. The summed E-state index contributed by atoms with van der Waals surface area (Å²) in [5, 5.41) is 9.53. The van der Waals surface area contributed by atoms with Crippen molar-refractivity contribution in [2.24, 2.45) is 0 Å². The summed E-state index contributed by atoms with van der Waals surface area (Å²) < 4.78 is 10.2. The summed E-state index contributed by atoms with van der Waals surface area (Å²) in [4.78, 5) is 12.2. The number of nitrogens with zero attached hydrogens (tertiary/aromatic N) is 1. The molecule has 0 N–H and O–H groups in total. The van der Waals surface area contributed by atoms with Crippen molar-refractivity contribution in [3.63, 3.8) is 0 Å². The average Bonchev–Trinajstić information content (AvgIpc) is 2.45. The Hall–Kier alpha value is -2.02. The van der Waals surface area contributed by atoms with Gasteiger partial charge in [0.05, 0.1) is 19.8 Å². The third-order valence-electron chi connectivity index (χ3n) is 3.00.